The number of phenols is 3. The lowest BCUT2D eigenvalue weighted by Crippen LogP contribution is -2.46. The fourth-order valence-electron chi connectivity index (χ4n) is 9.37. The standard InChI is InChI=1S/C48H60N8O16/c1-18-11-10-12-19(2)45(67)53-31-25(15-52-55-47-54-32-43(49)50-17-51-44(32)56(47)46-39(65)37(63)27(16-57)71-46)36(62)28-29(38(31)64)35(61)23(6)41-30(28)42(66)48(8,72-41)69-14-13-26(68-9)20(3)40(70-24(7)58)22(5)34(60)21(4)33(18)59/h10-15,17-18,20-22,26-27,33-34,37,39-40,46,57,59-65H,16H2,1-9H3,(H,53,67)(H,54,55)(H2,49,50,51)/b11-10?,14-13?,19-12?,52-15+. The van der Waals surface area contributed by atoms with Crippen LogP contribution in [0.1, 0.15) is 76.2 Å². The molecule has 12 N–H and O–H groups in total. The predicted molar refractivity (Wildman–Crippen MR) is 258 cm³/mol. The summed E-state index contributed by atoms with van der Waals surface area (Å²) >= 11 is 0. The molecule has 0 aliphatic carbocycles. The zero-order valence-electron chi connectivity index (χ0n) is 40.8. The zero-order chi connectivity index (χ0) is 52.8. The van der Waals surface area contributed by atoms with E-state index in [-0.39, 0.29) is 45.4 Å². The summed E-state index contributed by atoms with van der Waals surface area (Å²) in [6, 6.07) is 0. The van der Waals surface area contributed by atoms with Crippen LogP contribution in [0.5, 0.6) is 23.0 Å². The van der Waals surface area contributed by atoms with Crippen LogP contribution in [0.3, 0.4) is 0 Å². The molecule has 1 fully saturated rings. The molecule has 2 aromatic carbocycles. The Hall–Kier alpha value is -6.93. The van der Waals surface area contributed by atoms with E-state index in [9.17, 15) is 55.2 Å². The number of nitrogens with two attached hydrogens (primary N) is 1. The molecular formula is C48H60N8O16. The number of carbonyl (C=O) groups is 3. The average molecular weight is 1010 g/mol. The van der Waals surface area contributed by atoms with Crippen molar-refractivity contribution in [1.82, 2.24) is 19.5 Å². The number of allylic oxidation sites excluding steroid dienone is 2. The lowest BCUT2D eigenvalue weighted by Gasteiger charge is -2.38. The summed E-state index contributed by atoms with van der Waals surface area (Å²) in [5.74, 6) is -10.1. The molecule has 1 saturated heterocycles. The lowest BCUT2D eigenvalue weighted by molar-refractivity contribution is -0.160. The number of anilines is 3. The monoisotopic (exact) mass is 1000 g/mol. The summed E-state index contributed by atoms with van der Waals surface area (Å²) in [5.41, 5.74) is 7.50. The van der Waals surface area contributed by atoms with Crippen LogP contribution >= 0.6 is 0 Å². The number of hydrogen-bond donors (Lipinski definition) is 11. The van der Waals surface area contributed by atoms with Crippen LogP contribution in [0.15, 0.2) is 47.6 Å². The van der Waals surface area contributed by atoms with Crippen molar-refractivity contribution in [1.29, 1.82) is 0 Å². The van der Waals surface area contributed by atoms with Crippen LogP contribution in [0, 0.1) is 30.6 Å². The smallest absolute Gasteiger partial charge is 0.312 e. The van der Waals surface area contributed by atoms with Gasteiger partial charge in [0.1, 0.15) is 48.0 Å². The Labute approximate surface area is 412 Å². The second-order valence-corrected chi connectivity index (χ2v) is 18.5. The van der Waals surface area contributed by atoms with Gasteiger partial charge in [-0.2, -0.15) is 5.10 Å². The van der Waals surface area contributed by atoms with E-state index in [0.29, 0.717) is 0 Å². The normalized spacial score (nSPS) is 30.5. The number of rotatable bonds is 7. The van der Waals surface area contributed by atoms with Crippen molar-refractivity contribution in [2.45, 2.75) is 110 Å². The van der Waals surface area contributed by atoms with Crippen LogP contribution in [-0.2, 0) is 28.5 Å². The molecule has 4 aliphatic rings. The van der Waals surface area contributed by atoms with Gasteiger partial charge in [0.25, 0.3) is 11.7 Å². The fraction of sp³-hybridized carbons (Fsp3) is 0.479. The SMILES string of the molecule is COC1C=COC2(C)Oc3c(C)c(O)c4c(O)c(c(/C=N/Nc5nc6c(N)ncnc6n5C5OC(CO)C(O)C5O)c(O)c4c3C2=O)NC(=O)C(C)=CC=CC(C)C(O)C(C)C(O)C(C)C(OC(C)=O)C1C. The number of nitrogens with zero attached hydrogens (tertiary/aromatic N) is 5. The molecule has 0 radical (unpaired) electrons. The molecule has 24 heteroatoms. The molecule has 8 rings (SSSR count). The number of nitrogen functional groups attached to an aromatic ring is 1. The molecule has 388 valence electrons. The van der Waals surface area contributed by atoms with Crippen molar-refractivity contribution in [2.75, 3.05) is 30.2 Å². The number of hydrogen-bond acceptors (Lipinski definition) is 22. The van der Waals surface area contributed by atoms with Gasteiger partial charge in [0, 0.05) is 61.2 Å². The molecule has 24 nitrogen and oxygen atoms in total. The number of ether oxygens (including phenoxy) is 5. The average Bonchev–Trinajstić information content (AvgIpc) is 3.95. The Balaban J connectivity index is 1.39. The third-order valence-corrected chi connectivity index (χ3v) is 13.7. The molecule has 13 atom stereocenters. The van der Waals surface area contributed by atoms with E-state index in [1.807, 2.05) is 0 Å². The van der Waals surface area contributed by atoms with E-state index in [0.717, 1.165) is 18.8 Å². The number of esters is 1. The van der Waals surface area contributed by atoms with Crippen molar-refractivity contribution >= 4 is 63.3 Å². The maximum atomic E-state index is 14.7. The van der Waals surface area contributed by atoms with Gasteiger partial charge in [-0.15, -0.1) is 0 Å². The number of ketones is 1. The first-order chi connectivity index (χ1) is 34.0. The topological polar surface area (TPSA) is 365 Å². The second kappa shape index (κ2) is 20.7. The molecule has 72 heavy (non-hydrogen) atoms. The Bertz CT molecular complexity index is 2900. The number of nitrogens with one attached hydrogen (secondary N) is 2. The number of phenolic OH excluding ortho intramolecular Hbond substituents is 3. The number of aromatic nitrogens is 4. The second-order valence-electron chi connectivity index (χ2n) is 18.5. The van der Waals surface area contributed by atoms with Gasteiger partial charge in [-0.1, -0.05) is 45.9 Å². The summed E-state index contributed by atoms with van der Waals surface area (Å²) in [7, 11) is 1.39. The molecule has 4 aliphatic heterocycles. The minimum atomic E-state index is -2.18. The van der Waals surface area contributed by atoms with Gasteiger partial charge >= 0.3 is 11.8 Å². The Kier molecular flexibility index (Phi) is 15.2. The van der Waals surface area contributed by atoms with Crippen LogP contribution < -0.4 is 21.2 Å². The number of fused-ring (bicyclic) bond motifs is 15. The van der Waals surface area contributed by atoms with Crippen LogP contribution in [-0.4, -0.2) is 146 Å². The van der Waals surface area contributed by atoms with Crippen molar-refractivity contribution in [3.05, 3.63) is 59.2 Å². The van der Waals surface area contributed by atoms with E-state index in [4.69, 9.17) is 29.4 Å². The van der Waals surface area contributed by atoms with E-state index >= 15 is 0 Å². The molecule has 0 spiro atoms. The van der Waals surface area contributed by atoms with E-state index in [1.165, 1.54) is 57.6 Å². The maximum absolute atomic E-state index is 14.7. The van der Waals surface area contributed by atoms with E-state index in [1.54, 1.807) is 33.8 Å². The molecule has 5 bridgehead atoms. The number of benzene rings is 2. The highest BCUT2D eigenvalue weighted by Crippen LogP contribution is 2.55. The van der Waals surface area contributed by atoms with Gasteiger partial charge in [-0.3, -0.25) is 19.0 Å². The Morgan fingerprint density at radius 2 is 1.68 bits per heavy atom. The third-order valence-electron chi connectivity index (χ3n) is 13.7. The molecule has 13 unspecified atom stereocenters. The number of Topliss-reactive ketones (excluding diaryl/α,β-unsaturated/α-hetero) is 1. The molecule has 6 heterocycles. The highest BCUT2D eigenvalue weighted by atomic mass is 16.7. The fourth-order valence-corrected chi connectivity index (χ4v) is 9.37. The van der Waals surface area contributed by atoms with Crippen molar-refractivity contribution < 1.29 is 78.9 Å². The number of methoxy groups -OCH3 is 1. The number of imidazole rings is 1. The zero-order valence-corrected chi connectivity index (χ0v) is 40.8. The molecule has 2 aromatic heterocycles. The minimum Gasteiger partial charge on any atom is -0.507 e. The highest BCUT2D eigenvalue weighted by molar-refractivity contribution is 6.24. The Morgan fingerprint density at radius 3 is 2.33 bits per heavy atom. The third kappa shape index (κ3) is 9.37. The highest BCUT2D eigenvalue weighted by Gasteiger charge is 2.50. The minimum absolute atomic E-state index is 0.00991. The van der Waals surface area contributed by atoms with Gasteiger partial charge in [0.15, 0.2) is 29.0 Å². The molecule has 0 saturated carbocycles. The Morgan fingerprint density at radius 1 is 0.972 bits per heavy atom. The van der Waals surface area contributed by atoms with E-state index < -0.39 is 142 Å². The summed E-state index contributed by atoms with van der Waals surface area (Å²) in [6.07, 6.45) is -0.801. The summed E-state index contributed by atoms with van der Waals surface area (Å²) < 4.78 is 30.6. The van der Waals surface area contributed by atoms with Crippen LogP contribution in [0.4, 0.5) is 17.5 Å². The van der Waals surface area contributed by atoms with Gasteiger partial charge in [-0.25, -0.2) is 20.4 Å². The molecule has 1 amide bonds. The quantitative estimate of drug-likeness (QED) is 0.0416. The predicted octanol–water partition coefficient (Wildman–Crippen LogP) is 2.53. The first-order valence-corrected chi connectivity index (χ1v) is 23.0. The van der Waals surface area contributed by atoms with Crippen molar-refractivity contribution in [3.63, 3.8) is 0 Å². The summed E-state index contributed by atoms with van der Waals surface area (Å²) in [5, 5.41) is 96.6. The van der Waals surface area contributed by atoms with Crippen LogP contribution in [0.25, 0.3) is 21.9 Å². The first-order valence-electron chi connectivity index (χ1n) is 23.0. The summed E-state index contributed by atoms with van der Waals surface area (Å²) in [6.45, 7) is 11.4. The number of aliphatic hydroxyl groups excluding tert-OH is 5. The first kappa shape index (κ1) is 52.9. The van der Waals surface area contributed by atoms with Gasteiger partial charge in [-0.05, 0) is 19.9 Å². The van der Waals surface area contributed by atoms with Gasteiger partial charge < -0.3 is 75.6 Å². The van der Waals surface area contributed by atoms with Crippen molar-refractivity contribution in [3.8, 4) is 23.0 Å². The van der Waals surface area contributed by atoms with Crippen LogP contribution in [0.2, 0.25) is 0 Å². The number of aromatic hydroxyl groups is 3. The lowest BCUT2D eigenvalue weighted by atomic mass is 9.78. The maximum Gasteiger partial charge on any atom is 0.312 e. The number of aliphatic hydroxyl groups is 5. The number of amides is 1. The summed E-state index contributed by atoms with van der Waals surface area (Å²) in [4.78, 5) is 53.7. The molecular weight excluding hydrogens is 945 g/mol. The van der Waals surface area contributed by atoms with Gasteiger partial charge in [0.05, 0.1) is 59.6 Å². The number of hydrazone groups is 1. The van der Waals surface area contributed by atoms with Crippen molar-refractivity contribution in [2.24, 2.45) is 28.8 Å². The van der Waals surface area contributed by atoms with E-state index in [2.05, 4.69) is 30.8 Å². The number of carbonyl (C=O) groups excluding carboxylic acids is 3. The largest absolute Gasteiger partial charge is 0.507 e. The van der Waals surface area contributed by atoms with Gasteiger partial charge in [0.2, 0.25) is 5.95 Å². The molecule has 4 aromatic rings.